The maximum absolute atomic E-state index is 3.65. The monoisotopic (exact) mass is 292 g/mol. The largest absolute Gasteiger partial charge is 0.309 e. The highest BCUT2D eigenvalue weighted by molar-refractivity contribution is 7.99. The third kappa shape index (κ3) is 4.80. The van der Waals surface area contributed by atoms with E-state index in [-0.39, 0.29) is 0 Å². The van der Waals surface area contributed by atoms with E-state index in [0.717, 1.165) is 6.54 Å². The second-order valence-corrected chi connectivity index (χ2v) is 7.18. The van der Waals surface area contributed by atoms with Crippen LogP contribution in [-0.4, -0.2) is 42.6 Å². The van der Waals surface area contributed by atoms with Gasteiger partial charge in [0.1, 0.15) is 0 Å². The van der Waals surface area contributed by atoms with Crippen molar-refractivity contribution in [3.63, 3.8) is 0 Å². The topological polar surface area (TPSA) is 15.3 Å². The zero-order chi connectivity index (χ0) is 14.4. The van der Waals surface area contributed by atoms with Gasteiger partial charge in [-0.1, -0.05) is 38.1 Å². The van der Waals surface area contributed by atoms with Crippen molar-refractivity contribution < 1.29 is 0 Å². The van der Waals surface area contributed by atoms with Gasteiger partial charge in [0.15, 0.2) is 0 Å². The molecule has 0 radical (unpaired) electrons. The molecule has 1 aromatic rings. The third-order valence-corrected chi connectivity index (χ3v) is 5.03. The molecule has 1 unspecified atom stereocenters. The average molecular weight is 292 g/mol. The van der Waals surface area contributed by atoms with Crippen LogP contribution in [0.3, 0.4) is 0 Å². The predicted octanol–water partition coefficient (Wildman–Crippen LogP) is 3.51. The molecule has 1 saturated heterocycles. The van der Waals surface area contributed by atoms with Crippen molar-refractivity contribution in [3.8, 4) is 0 Å². The normalized spacial score (nSPS) is 18.4. The Morgan fingerprint density at radius 2 is 1.65 bits per heavy atom. The van der Waals surface area contributed by atoms with Crippen molar-refractivity contribution in [2.24, 2.45) is 0 Å². The molecular formula is C17H28N2S. The summed E-state index contributed by atoms with van der Waals surface area (Å²) in [6.45, 7) is 11.5. The van der Waals surface area contributed by atoms with Crippen molar-refractivity contribution in [3.05, 3.63) is 35.4 Å². The summed E-state index contributed by atoms with van der Waals surface area (Å²) >= 11 is 2.08. The molecule has 2 nitrogen and oxygen atoms in total. The van der Waals surface area contributed by atoms with Crippen LogP contribution in [0.2, 0.25) is 0 Å². The van der Waals surface area contributed by atoms with Crippen LogP contribution in [-0.2, 0) is 0 Å². The Morgan fingerprint density at radius 1 is 1.05 bits per heavy atom. The third-order valence-electron chi connectivity index (χ3n) is 4.09. The first-order valence-corrected chi connectivity index (χ1v) is 8.95. The zero-order valence-corrected chi connectivity index (χ0v) is 13.9. The molecule has 0 spiro atoms. The number of benzene rings is 1. The number of thioether (sulfide) groups is 1. The lowest BCUT2D eigenvalue weighted by molar-refractivity contribution is 0.297. The van der Waals surface area contributed by atoms with Crippen LogP contribution in [0, 0.1) is 0 Å². The molecule has 112 valence electrons. The second-order valence-electron chi connectivity index (χ2n) is 5.95. The minimum Gasteiger partial charge on any atom is -0.309 e. The molecule has 1 aliphatic heterocycles. The summed E-state index contributed by atoms with van der Waals surface area (Å²) < 4.78 is 0. The van der Waals surface area contributed by atoms with Gasteiger partial charge in [0, 0.05) is 43.7 Å². The maximum Gasteiger partial charge on any atom is 0.0292 e. The van der Waals surface area contributed by atoms with E-state index >= 15 is 0 Å². The Kier molecular flexibility index (Phi) is 6.40. The standard InChI is InChI=1S/C17H28N2S/c1-14(2)16-4-6-17(7-5-16)15(3)18-8-9-19-10-12-20-13-11-19/h4-7,14-15,18H,8-13H2,1-3H3. The molecule has 1 aromatic carbocycles. The molecule has 20 heavy (non-hydrogen) atoms. The number of nitrogens with one attached hydrogen (secondary N) is 1. The molecule has 2 rings (SSSR count). The van der Waals surface area contributed by atoms with E-state index in [1.54, 1.807) is 0 Å². The lowest BCUT2D eigenvalue weighted by atomic mass is 10.00. The Labute approximate surface area is 128 Å². The van der Waals surface area contributed by atoms with Gasteiger partial charge in [0.25, 0.3) is 0 Å². The van der Waals surface area contributed by atoms with Crippen LogP contribution in [0.1, 0.15) is 43.9 Å². The van der Waals surface area contributed by atoms with Crippen LogP contribution in [0.25, 0.3) is 0 Å². The Morgan fingerprint density at radius 3 is 2.25 bits per heavy atom. The summed E-state index contributed by atoms with van der Waals surface area (Å²) in [6, 6.07) is 9.50. The van der Waals surface area contributed by atoms with Gasteiger partial charge < -0.3 is 10.2 Å². The average Bonchev–Trinajstić information content (AvgIpc) is 2.48. The fraction of sp³-hybridized carbons (Fsp3) is 0.647. The van der Waals surface area contributed by atoms with Gasteiger partial charge in [0.05, 0.1) is 0 Å². The van der Waals surface area contributed by atoms with Crippen LogP contribution in [0.15, 0.2) is 24.3 Å². The van der Waals surface area contributed by atoms with E-state index in [0.29, 0.717) is 12.0 Å². The second kappa shape index (κ2) is 8.06. The number of rotatable bonds is 6. The highest BCUT2D eigenvalue weighted by Gasteiger charge is 2.10. The highest BCUT2D eigenvalue weighted by atomic mass is 32.2. The summed E-state index contributed by atoms with van der Waals surface area (Å²) in [7, 11) is 0. The molecule has 0 saturated carbocycles. The van der Waals surface area contributed by atoms with E-state index in [1.165, 1.54) is 42.3 Å². The quantitative estimate of drug-likeness (QED) is 0.864. The molecular weight excluding hydrogens is 264 g/mol. The maximum atomic E-state index is 3.65. The van der Waals surface area contributed by atoms with Crippen molar-refractivity contribution >= 4 is 11.8 Å². The summed E-state index contributed by atoms with van der Waals surface area (Å²) in [5.41, 5.74) is 2.82. The van der Waals surface area contributed by atoms with Gasteiger partial charge in [-0.25, -0.2) is 0 Å². The summed E-state index contributed by atoms with van der Waals surface area (Å²) in [4.78, 5) is 2.57. The van der Waals surface area contributed by atoms with E-state index in [1.807, 2.05) is 0 Å². The molecule has 0 aliphatic carbocycles. The minimum absolute atomic E-state index is 0.440. The Bertz CT molecular complexity index is 382. The first kappa shape index (κ1) is 15.9. The summed E-state index contributed by atoms with van der Waals surface area (Å²) in [6.07, 6.45) is 0. The van der Waals surface area contributed by atoms with Crippen molar-refractivity contribution in [1.82, 2.24) is 10.2 Å². The van der Waals surface area contributed by atoms with Crippen LogP contribution >= 0.6 is 11.8 Å². The zero-order valence-electron chi connectivity index (χ0n) is 13.1. The van der Waals surface area contributed by atoms with Crippen molar-refractivity contribution in [1.29, 1.82) is 0 Å². The van der Waals surface area contributed by atoms with Crippen molar-refractivity contribution in [2.45, 2.75) is 32.7 Å². The van der Waals surface area contributed by atoms with E-state index in [2.05, 4.69) is 67.0 Å². The molecule has 0 amide bonds. The lowest BCUT2D eigenvalue weighted by Crippen LogP contribution is -2.38. The van der Waals surface area contributed by atoms with Gasteiger partial charge in [-0.3, -0.25) is 0 Å². The molecule has 1 N–H and O–H groups in total. The fourth-order valence-corrected chi connectivity index (χ4v) is 3.53. The van der Waals surface area contributed by atoms with E-state index < -0.39 is 0 Å². The van der Waals surface area contributed by atoms with Crippen LogP contribution in [0.5, 0.6) is 0 Å². The van der Waals surface area contributed by atoms with Crippen LogP contribution in [0.4, 0.5) is 0 Å². The highest BCUT2D eigenvalue weighted by Crippen LogP contribution is 2.18. The molecule has 1 atom stereocenters. The molecule has 3 heteroatoms. The van der Waals surface area contributed by atoms with Crippen LogP contribution < -0.4 is 5.32 Å². The summed E-state index contributed by atoms with van der Waals surface area (Å²) in [5.74, 6) is 3.21. The number of hydrogen-bond donors (Lipinski definition) is 1. The molecule has 0 bridgehead atoms. The van der Waals surface area contributed by atoms with E-state index in [9.17, 15) is 0 Å². The van der Waals surface area contributed by atoms with Crippen molar-refractivity contribution in [2.75, 3.05) is 37.7 Å². The Balaban J connectivity index is 1.74. The molecule has 1 fully saturated rings. The predicted molar refractivity (Wildman–Crippen MR) is 90.7 cm³/mol. The van der Waals surface area contributed by atoms with Gasteiger partial charge >= 0.3 is 0 Å². The molecule has 1 aliphatic rings. The van der Waals surface area contributed by atoms with Gasteiger partial charge in [-0.2, -0.15) is 11.8 Å². The summed E-state index contributed by atoms with van der Waals surface area (Å²) in [5, 5.41) is 3.65. The lowest BCUT2D eigenvalue weighted by Gasteiger charge is -2.27. The van der Waals surface area contributed by atoms with Gasteiger partial charge in [-0.05, 0) is 24.0 Å². The molecule has 0 aromatic heterocycles. The SMILES string of the molecule is CC(C)c1ccc(C(C)NCCN2CCSCC2)cc1. The minimum atomic E-state index is 0.440. The first-order chi connectivity index (χ1) is 9.66. The fourth-order valence-electron chi connectivity index (χ4n) is 2.55. The molecule has 1 heterocycles. The number of hydrogen-bond acceptors (Lipinski definition) is 3. The van der Waals surface area contributed by atoms with Gasteiger partial charge in [0.2, 0.25) is 0 Å². The van der Waals surface area contributed by atoms with Gasteiger partial charge in [-0.15, -0.1) is 0 Å². The first-order valence-electron chi connectivity index (χ1n) is 7.80. The van der Waals surface area contributed by atoms with E-state index in [4.69, 9.17) is 0 Å². The smallest absolute Gasteiger partial charge is 0.0292 e. The Hall–Kier alpha value is -0.510. The number of nitrogens with zero attached hydrogens (tertiary/aromatic N) is 1.